The molecule has 0 bridgehead atoms. The fourth-order valence-corrected chi connectivity index (χ4v) is 11.1. The number of rotatable bonds is 5. The van der Waals surface area contributed by atoms with Crippen LogP contribution in [0.3, 0.4) is 0 Å². The summed E-state index contributed by atoms with van der Waals surface area (Å²) in [4.78, 5) is 1.46. The maximum atomic E-state index is 2.36. The van der Waals surface area contributed by atoms with Crippen LogP contribution in [0.4, 0.5) is 0 Å². The normalized spacial score (nSPS) is 28.2. The van der Waals surface area contributed by atoms with Crippen molar-refractivity contribution in [1.82, 2.24) is 0 Å². The van der Waals surface area contributed by atoms with Gasteiger partial charge in [0, 0.05) is 0 Å². The van der Waals surface area contributed by atoms with Gasteiger partial charge in [-0.05, 0) is 0 Å². The standard InChI is InChI=1S/C28H30SSe/c1-22-12-14-25(15-13-22)29-28(30-26-10-6-3-7-11-26)21-20-27(28)18-16-24(17-19-27)23-8-4-2-5-9-23/h2-15,24H,16-21H2,1H3. The Morgan fingerprint density at radius 3 is 1.97 bits per heavy atom. The SMILES string of the molecule is Cc1ccc(SC2([Se]c3ccccc3)CCC23CCC(c2ccccc2)CC3)cc1. The summed E-state index contributed by atoms with van der Waals surface area (Å²) in [7, 11) is 0. The van der Waals surface area contributed by atoms with E-state index in [4.69, 9.17) is 0 Å². The monoisotopic (exact) mass is 478 g/mol. The van der Waals surface area contributed by atoms with Gasteiger partial charge in [-0.1, -0.05) is 0 Å². The van der Waals surface area contributed by atoms with Gasteiger partial charge in [-0.25, -0.2) is 0 Å². The second-order valence-corrected chi connectivity index (χ2v) is 13.9. The van der Waals surface area contributed by atoms with Gasteiger partial charge in [-0.3, -0.25) is 0 Å². The Bertz CT molecular complexity index is 959. The average molecular weight is 478 g/mol. The van der Waals surface area contributed by atoms with Crippen molar-refractivity contribution in [3.8, 4) is 0 Å². The third-order valence-electron chi connectivity index (χ3n) is 7.28. The van der Waals surface area contributed by atoms with E-state index in [1.165, 1.54) is 49.0 Å². The predicted molar refractivity (Wildman–Crippen MR) is 131 cm³/mol. The molecule has 154 valence electrons. The fraction of sp³-hybridized carbons (Fsp3) is 0.357. The van der Waals surface area contributed by atoms with Crippen LogP contribution in [0.15, 0.2) is 89.8 Å². The van der Waals surface area contributed by atoms with Gasteiger partial charge in [0.05, 0.1) is 0 Å². The Morgan fingerprint density at radius 2 is 1.37 bits per heavy atom. The first kappa shape index (κ1) is 20.4. The van der Waals surface area contributed by atoms with Crippen molar-refractivity contribution in [1.29, 1.82) is 0 Å². The van der Waals surface area contributed by atoms with E-state index >= 15 is 0 Å². The Morgan fingerprint density at radius 1 is 0.733 bits per heavy atom. The number of aryl methyl sites for hydroxylation is 1. The molecule has 30 heavy (non-hydrogen) atoms. The van der Waals surface area contributed by atoms with E-state index in [-0.39, 0.29) is 0 Å². The summed E-state index contributed by atoms with van der Waals surface area (Å²) in [5.41, 5.74) is 3.43. The van der Waals surface area contributed by atoms with Crippen LogP contribution < -0.4 is 4.46 Å². The van der Waals surface area contributed by atoms with Crippen molar-refractivity contribution in [2.75, 3.05) is 0 Å². The summed E-state index contributed by atoms with van der Waals surface area (Å²) in [5.74, 6) is 0.753. The van der Waals surface area contributed by atoms with Gasteiger partial charge in [0.15, 0.2) is 0 Å². The first-order valence-corrected chi connectivity index (χ1v) is 13.8. The maximum absolute atomic E-state index is 2.36. The molecule has 3 aromatic carbocycles. The van der Waals surface area contributed by atoms with E-state index in [1.807, 2.05) is 0 Å². The molecule has 0 aromatic heterocycles. The first-order chi connectivity index (χ1) is 14.7. The summed E-state index contributed by atoms with van der Waals surface area (Å²) in [6.45, 7) is 2.19. The van der Waals surface area contributed by atoms with Crippen LogP contribution >= 0.6 is 11.8 Å². The second kappa shape index (κ2) is 8.58. The topological polar surface area (TPSA) is 0 Å². The van der Waals surface area contributed by atoms with Crippen LogP contribution in [0.2, 0.25) is 0 Å². The summed E-state index contributed by atoms with van der Waals surface area (Å²) in [6, 6.07) is 31.8. The van der Waals surface area contributed by atoms with Gasteiger partial charge in [-0.2, -0.15) is 0 Å². The van der Waals surface area contributed by atoms with Crippen LogP contribution in [-0.4, -0.2) is 18.6 Å². The van der Waals surface area contributed by atoms with Crippen LogP contribution in [0.25, 0.3) is 0 Å². The number of hydrogen-bond acceptors (Lipinski definition) is 1. The van der Waals surface area contributed by atoms with Gasteiger partial charge in [0.1, 0.15) is 0 Å². The molecule has 0 N–H and O–H groups in total. The third-order valence-corrected chi connectivity index (χ3v) is 12.8. The molecule has 2 aliphatic carbocycles. The summed E-state index contributed by atoms with van der Waals surface area (Å²) in [6.07, 6.45) is 8.27. The molecule has 0 heterocycles. The number of thioether (sulfide) groups is 1. The first-order valence-electron chi connectivity index (χ1n) is 11.2. The van der Waals surface area contributed by atoms with Crippen LogP contribution in [-0.2, 0) is 0 Å². The summed E-state index contributed by atoms with van der Waals surface area (Å²) in [5, 5.41) is 0. The molecule has 2 aliphatic rings. The van der Waals surface area contributed by atoms with Gasteiger partial charge >= 0.3 is 193 Å². The minimum absolute atomic E-state index is 0.401. The number of hydrogen-bond donors (Lipinski definition) is 0. The van der Waals surface area contributed by atoms with Crippen molar-refractivity contribution < 1.29 is 0 Å². The molecular weight excluding hydrogens is 447 g/mol. The van der Waals surface area contributed by atoms with E-state index in [1.54, 1.807) is 10.0 Å². The van der Waals surface area contributed by atoms with Crippen molar-refractivity contribution in [3.63, 3.8) is 0 Å². The van der Waals surface area contributed by atoms with Crippen molar-refractivity contribution >= 4 is 31.2 Å². The Hall–Kier alpha value is -1.47. The molecule has 1 spiro atoms. The molecular formula is C28H30SSe. The van der Waals surface area contributed by atoms with Crippen LogP contribution in [0.1, 0.15) is 55.6 Å². The molecule has 0 radical (unpaired) electrons. The quantitative estimate of drug-likeness (QED) is 0.358. The van der Waals surface area contributed by atoms with Gasteiger partial charge < -0.3 is 0 Å². The van der Waals surface area contributed by atoms with Crippen molar-refractivity contribution in [2.45, 2.75) is 59.9 Å². The molecule has 0 aliphatic heterocycles. The molecule has 3 aromatic rings. The molecule has 2 saturated carbocycles. The van der Waals surface area contributed by atoms with Crippen molar-refractivity contribution in [2.24, 2.45) is 5.41 Å². The van der Waals surface area contributed by atoms with Gasteiger partial charge in [0.25, 0.3) is 0 Å². The Balaban J connectivity index is 1.41. The Kier molecular flexibility index (Phi) is 5.84. The molecule has 2 heteroatoms. The average Bonchev–Trinajstić information content (AvgIpc) is 2.81. The summed E-state index contributed by atoms with van der Waals surface area (Å²) < 4.78 is 1.96. The fourth-order valence-electron chi connectivity index (χ4n) is 5.36. The molecule has 2 fully saturated rings. The minimum atomic E-state index is 0.401. The van der Waals surface area contributed by atoms with E-state index in [0.29, 0.717) is 24.0 Å². The van der Waals surface area contributed by atoms with E-state index in [0.717, 1.165) is 5.92 Å². The van der Waals surface area contributed by atoms with Crippen LogP contribution in [0, 0.1) is 12.3 Å². The van der Waals surface area contributed by atoms with E-state index < -0.39 is 0 Å². The molecule has 0 nitrogen and oxygen atoms in total. The zero-order chi connectivity index (χ0) is 20.4. The number of benzene rings is 3. The zero-order valence-corrected chi connectivity index (χ0v) is 20.2. The van der Waals surface area contributed by atoms with Gasteiger partial charge in [-0.15, -0.1) is 0 Å². The van der Waals surface area contributed by atoms with Crippen LogP contribution in [0.5, 0.6) is 0 Å². The molecule has 1 unspecified atom stereocenters. The second-order valence-electron chi connectivity index (χ2n) is 9.05. The zero-order valence-electron chi connectivity index (χ0n) is 17.7. The summed E-state index contributed by atoms with van der Waals surface area (Å²) >= 11 is 2.70. The van der Waals surface area contributed by atoms with Gasteiger partial charge in [0.2, 0.25) is 0 Å². The third kappa shape index (κ3) is 3.91. The molecule has 5 rings (SSSR count). The molecule has 0 amide bonds. The predicted octanol–water partition coefficient (Wildman–Crippen LogP) is 6.95. The Labute approximate surface area is 192 Å². The van der Waals surface area contributed by atoms with E-state index in [2.05, 4.69) is 104 Å². The molecule has 1 atom stereocenters. The van der Waals surface area contributed by atoms with Crippen molar-refractivity contribution in [3.05, 3.63) is 96.1 Å². The van der Waals surface area contributed by atoms with E-state index in [9.17, 15) is 0 Å². The molecule has 0 saturated heterocycles.